The first-order chi connectivity index (χ1) is 12.6. The number of rotatable bonds is 3. The van der Waals surface area contributed by atoms with Crippen LogP contribution in [0.15, 0.2) is 54.7 Å². The number of hydrogen-bond acceptors (Lipinski definition) is 4. The minimum absolute atomic E-state index is 0.0412. The molecule has 4 nitrogen and oxygen atoms in total. The molecule has 1 N–H and O–H groups in total. The van der Waals surface area contributed by atoms with E-state index in [0.29, 0.717) is 35.1 Å². The van der Waals surface area contributed by atoms with E-state index < -0.39 is 0 Å². The Labute approximate surface area is 155 Å². The molecule has 0 unspecified atom stereocenters. The smallest absolute Gasteiger partial charge is 0.227 e. The normalized spacial score (nSPS) is 16.2. The lowest BCUT2D eigenvalue weighted by molar-refractivity contribution is 0.0962. The van der Waals surface area contributed by atoms with Crippen molar-refractivity contribution in [2.45, 2.75) is 18.8 Å². The number of Topliss-reactive ketones (excluding diaryl/α,β-unsaturated/α-hetero) is 1. The molecule has 130 valence electrons. The molecule has 0 radical (unpaired) electrons. The summed E-state index contributed by atoms with van der Waals surface area (Å²) < 4.78 is 13.0. The van der Waals surface area contributed by atoms with Gasteiger partial charge in [0.25, 0.3) is 0 Å². The fourth-order valence-electron chi connectivity index (χ4n) is 3.14. The number of anilines is 2. The van der Waals surface area contributed by atoms with Gasteiger partial charge in [0.15, 0.2) is 5.78 Å². The van der Waals surface area contributed by atoms with Gasteiger partial charge in [-0.2, -0.15) is 0 Å². The third kappa shape index (κ3) is 3.44. The number of benzene rings is 2. The maximum atomic E-state index is 13.0. The molecule has 26 heavy (non-hydrogen) atoms. The predicted octanol–water partition coefficient (Wildman–Crippen LogP) is 4.93. The molecule has 6 heteroatoms. The molecule has 4 rings (SSSR count). The van der Waals surface area contributed by atoms with E-state index in [1.165, 1.54) is 12.1 Å². The number of halogens is 2. The van der Waals surface area contributed by atoms with Gasteiger partial charge in [-0.25, -0.2) is 14.4 Å². The van der Waals surface area contributed by atoms with E-state index in [1.54, 1.807) is 18.3 Å². The molecule has 0 bridgehead atoms. The molecule has 0 aliphatic heterocycles. The molecule has 0 spiro atoms. The van der Waals surface area contributed by atoms with Crippen molar-refractivity contribution in [3.8, 4) is 0 Å². The first-order valence-corrected chi connectivity index (χ1v) is 8.63. The summed E-state index contributed by atoms with van der Waals surface area (Å²) >= 11 is 5.95. The Balaban J connectivity index is 1.60. The molecular weight excluding hydrogens is 353 g/mol. The van der Waals surface area contributed by atoms with Crippen LogP contribution in [0.1, 0.15) is 34.0 Å². The second-order valence-corrected chi connectivity index (χ2v) is 6.70. The highest BCUT2D eigenvalue weighted by Gasteiger charge is 2.28. The van der Waals surface area contributed by atoms with Crippen LogP contribution >= 0.6 is 11.6 Å². The largest absolute Gasteiger partial charge is 0.324 e. The number of hydrogen-bond donors (Lipinski definition) is 1. The third-order valence-electron chi connectivity index (χ3n) is 4.48. The van der Waals surface area contributed by atoms with Crippen LogP contribution in [0, 0.1) is 5.82 Å². The monoisotopic (exact) mass is 367 g/mol. The van der Waals surface area contributed by atoms with Crippen LogP contribution in [0.4, 0.5) is 16.0 Å². The standard InChI is InChI=1S/C20H15ClFN3O/c21-14-3-1-12(2-4-14)13-9-18-17(19(26)10-13)11-23-20(25-18)24-16-7-5-15(22)6-8-16/h1-8,11,13H,9-10H2,(H,23,24,25)/t13-/m1/s1. The van der Waals surface area contributed by atoms with Crippen molar-refractivity contribution >= 4 is 29.0 Å². The lowest BCUT2D eigenvalue weighted by Crippen LogP contribution is -2.21. The highest BCUT2D eigenvalue weighted by atomic mass is 35.5. The van der Waals surface area contributed by atoms with Crippen molar-refractivity contribution in [3.63, 3.8) is 0 Å². The summed E-state index contributed by atoms with van der Waals surface area (Å²) in [6, 6.07) is 13.5. The first kappa shape index (κ1) is 16.7. The van der Waals surface area contributed by atoms with Crippen LogP contribution < -0.4 is 5.32 Å². The number of carbonyl (C=O) groups is 1. The second kappa shape index (κ2) is 6.84. The Morgan fingerprint density at radius 1 is 1.04 bits per heavy atom. The van der Waals surface area contributed by atoms with Crippen molar-refractivity contribution in [3.05, 3.63) is 82.4 Å². The fraction of sp³-hybridized carbons (Fsp3) is 0.150. The summed E-state index contributed by atoms with van der Waals surface area (Å²) in [7, 11) is 0. The maximum absolute atomic E-state index is 13.0. The number of nitrogens with one attached hydrogen (secondary N) is 1. The number of carbonyl (C=O) groups excluding carboxylic acids is 1. The molecular formula is C20H15ClFN3O. The van der Waals surface area contributed by atoms with E-state index in [-0.39, 0.29) is 17.5 Å². The highest BCUT2D eigenvalue weighted by Crippen LogP contribution is 2.32. The van der Waals surface area contributed by atoms with E-state index >= 15 is 0 Å². The molecule has 1 aromatic heterocycles. The Bertz CT molecular complexity index is 958. The Kier molecular flexibility index (Phi) is 4.39. The SMILES string of the molecule is O=C1C[C@H](c2ccc(Cl)cc2)Cc2nc(Nc3ccc(F)cc3)ncc21. The topological polar surface area (TPSA) is 54.9 Å². The fourth-order valence-corrected chi connectivity index (χ4v) is 3.26. The van der Waals surface area contributed by atoms with E-state index in [2.05, 4.69) is 15.3 Å². The number of nitrogens with zero attached hydrogens (tertiary/aromatic N) is 2. The van der Waals surface area contributed by atoms with Crippen LogP contribution in [-0.2, 0) is 6.42 Å². The lowest BCUT2D eigenvalue weighted by atomic mass is 9.82. The first-order valence-electron chi connectivity index (χ1n) is 8.25. The molecule has 0 saturated carbocycles. The van der Waals surface area contributed by atoms with E-state index in [9.17, 15) is 9.18 Å². The third-order valence-corrected chi connectivity index (χ3v) is 4.73. The highest BCUT2D eigenvalue weighted by molar-refractivity contribution is 6.30. The second-order valence-electron chi connectivity index (χ2n) is 6.27. The Morgan fingerprint density at radius 3 is 2.50 bits per heavy atom. The zero-order valence-corrected chi connectivity index (χ0v) is 14.5. The minimum Gasteiger partial charge on any atom is -0.324 e. The minimum atomic E-state index is -0.307. The zero-order valence-electron chi connectivity index (χ0n) is 13.7. The van der Waals surface area contributed by atoms with Gasteiger partial charge in [0.1, 0.15) is 5.82 Å². The molecule has 1 heterocycles. The van der Waals surface area contributed by atoms with Crippen molar-refractivity contribution in [1.82, 2.24) is 9.97 Å². The molecule has 3 aromatic rings. The van der Waals surface area contributed by atoms with Crippen LogP contribution in [0.3, 0.4) is 0 Å². The summed E-state index contributed by atoms with van der Waals surface area (Å²) in [5.74, 6) is 0.193. The van der Waals surface area contributed by atoms with E-state index in [0.717, 1.165) is 11.3 Å². The Morgan fingerprint density at radius 2 is 1.77 bits per heavy atom. The van der Waals surface area contributed by atoms with E-state index in [4.69, 9.17) is 11.6 Å². The molecule has 0 amide bonds. The Hall–Kier alpha value is -2.79. The van der Waals surface area contributed by atoms with Crippen molar-refractivity contribution < 1.29 is 9.18 Å². The zero-order chi connectivity index (χ0) is 18.1. The maximum Gasteiger partial charge on any atom is 0.227 e. The van der Waals surface area contributed by atoms with Crippen LogP contribution in [0.2, 0.25) is 5.02 Å². The van der Waals surface area contributed by atoms with Crippen molar-refractivity contribution in [1.29, 1.82) is 0 Å². The molecule has 2 aromatic carbocycles. The lowest BCUT2D eigenvalue weighted by Gasteiger charge is -2.23. The van der Waals surface area contributed by atoms with Gasteiger partial charge in [0.2, 0.25) is 5.95 Å². The molecule has 0 fully saturated rings. The molecule has 0 saturated heterocycles. The van der Waals surface area contributed by atoms with Crippen LogP contribution in [0.5, 0.6) is 0 Å². The van der Waals surface area contributed by atoms with Gasteiger partial charge in [0.05, 0.1) is 11.3 Å². The van der Waals surface area contributed by atoms with Gasteiger partial charge in [-0.1, -0.05) is 23.7 Å². The average Bonchev–Trinajstić information content (AvgIpc) is 2.64. The van der Waals surface area contributed by atoms with Gasteiger partial charge >= 0.3 is 0 Å². The summed E-state index contributed by atoms with van der Waals surface area (Å²) in [6.07, 6.45) is 2.65. The van der Waals surface area contributed by atoms with Crippen molar-refractivity contribution in [2.75, 3.05) is 5.32 Å². The summed E-state index contributed by atoms with van der Waals surface area (Å²) in [6.45, 7) is 0. The quantitative estimate of drug-likeness (QED) is 0.713. The average molecular weight is 368 g/mol. The van der Waals surface area contributed by atoms with Crippen LogP contribution in [-0.4, -0.2) is 15.8 Å². The van der Waals surface area contributed by atoms with Gasteiger partial charge in [-0.15, -0.1) is 0 Å². The summed E-state index contributed by atoms with van der Waals surface area (Å²) in [5.41, 5.74) is 3.04. The summed E-state index contributed by atoms with van der Waals surface area (Å²) in [5, 5.41) is 3.71. The van der Waals surface area contributed by atoms with Gasteiger partial charge in [-0.3, -0.25) is 4.79 Å². The summed E-state index contributed by atoms with van der Waals surface area (Å²) in [4.78, 5) is 21.2. The molecule has 1 atom stereocenters. The number of fused-ring (bicyclic) bond motifs is 1. The van der Waals surface area contributed by atoms with Gasteiger partial charge < -0.3 is 5.32 Å². The van der Waals surface area contributed by atoms with Crippen LogP contribution in [0.25, 0.3) is 0 Å². The number of ketones is 1. The molecule has 1 aliphatic rings. The molecule has 1 aliphatic carbocycles. The predicted molar refractivity (Wildman–Crippen MR) is 98.6 cm³/mol. The number of aromatic nitrogens is 2. The van der Waals surface area contributed by atoms with Gasteiger partial charge in [-0.05, 0) is 54.3 Å². The van der Waals surface area contributed by atoms with E-state index in [1.807, 2.05) is 24.3 Å². The van der Waals surface area contributed by atoms with Gasteiger partial charge in [0, 0.05) is 23.3 Å². The van der Waals surface area contributed by atoms with Crippen molar-refractivity contribution in [2.24, 2.45) is 0 Å².